The van der Waals surface area contributed by atoms with E-state index in [0.29, 0.717) is 6.54 Å². The third-order valence-corrected chi connectivity index (χ3v) is 6.75. The molecule has 3 N–H and O–H groups in total. The van der Waals surface area contributed by atoms with Gasteiger partial charge in [0, 0.05) is 11.8 Å². The van der Waals surface area contributed by atoms with E-state index >= 15 is 0 Å². The molecule has 7 nitrogen and oxygen atoms in total. The molecule has 3 aromatic heterocycles. The number of fused-ring (bicyclic) bond motifs is 2. The van der Waals surface area contributed by atoms with Gasteiger partial charge in [-0.25, -0.2) is 15.0 Å². The predicted octanol–water partition coefficient (Wildman–Crippen LogP) is 3.86. The van der Waals surface area contributed by atoms with Crippen LogP contribution in [0.25, 0.3) is 21.4 Å². The number of nitrogens with one attached hydrogen (secondary N) is 1. The molecule has 0 bridgehead atoms. The molecule has 30 heavy (non-hydrogen) atoms. The first-order valence-corrected chi connectivity index (χ1v) is 11.2. The molecule has 0 radical (unpaired) electrons. The first kappa shape index (κ1) is 19.4. The van der Waals surface area contributed by atoms with Gasteiger partial charge in [0.25, 0.3) is 0 Å². The Kier molecular flexibility index (Phi) is 5.14. The van der Waals surface area contributed by atoms with Crippen molar-refractivity contribution < 1.29 is 10.2 Å². The van der Waals surface area contributed by atoms with Gasteiger partial charge in [-0.15, -0.1) is 0 Å². The summed E-state index contributed by atoms with van der Waals surface area (Å²) < 4.78 is 3.13. The van der Waals surface area contributed by atoms with Gasteiger partial charge in [0.1, 0.15) is 5.52 Å². The van der Waals surface area contributed by atoms with E-state index in [0.717, 1.165) is 63.3 Å². The maximum absolute atomic E-state index is 10.2. The van der Waals surface area contributed by atoms with E-state index in [1.54, 1.807) is 30.8 Å². The monoisotopic (exact) mass is 423 g/mol. The lowest BCUT2D eigenvalue weighted by Gasteiger charge is -2.27. The average molecular weight is 424 g/mol. The van der Waals surface area contributed by atoms with Gasteiger partial charge in [-0.05, 0) is 43.5 Å². The molecule has 3 atom stereocenters. The van der Waals surface area contributed by atoms with Crippen LogP contribution in [0.4, 0.5) is 5.13 Å². The van der Waals surface area contributed by atoms with Crippen molar-refractivity contribution in [2.45, 2.75) is 57.4 Å². The molecule has 0 saturated heterocycles. The van der Waals surface area contributed by atoms with Crippen molar-refractivity contribution in [3.8, 4) is 0 Å². The second-order valence-corrected chi connectivity index (χ2v) is 9.11. The molecule has 8 heteroatoms. The SMILES string of the molecule is C[C@H](O)c1cnc2c(c1)ncn2Cc1ccc2nc(N[C@@H]3CCCC[C@H]3O)sc2c1. The number of rotatable bonds is 5. The maximum atomic E-state index is 10.2. The van der Waals surface area contributed by atoms with E-state index in [2.05, 4.69) is 27.4 Å². The molecule has 1 fully saturated rings. The second kappa shape index (κ2) is 7.94. The summed E-state index contributed by atoms with van der Waals surface area (Å²) in [4.78, 5) is 13.6. The summed E-state index contributed by atoms with van der Waals surface area (Å²) in [6.45, 7) is 2.39. The molecule has 0 amide bonds. The summed E-state index contributed by atoms with van der Waals surface area (Å²) in [6.07, 6.45) is 6.73. The number of benzene rings is 1. The fourth-order valence-corrected chi connectivity index (χ4v) is 5.06. The normalized spacial score (nSPS) is 20.6. The zero-order valence-corrected chi connectivity index (χ0v) is 17.6. The van der Waals surface area contributed by atoms with Crippen molar-refractivity contribution >= 4 is 37.8 Å². The standard InChI is InChI=1S/C22H25N5O2S/c1-13(28)15-9-18-21(23-10-15)27(12-24-18)11-14-6-7-17-20(8-14)30-22(26-17)25-16-4-2-3-5-19(16)29/h6-10,12-13,16,19,28-29H,2-5,11H2,1H3,(H,25,26)/t13-,16+,19+/m0/s1. The highest BCUT2D eigenvalue weighted by Gasteiger charge is 2.23. The van der Waals surface area contributed by atoms with Crippen LogP contribution < -0.4 is 5.32 Å². The van der Waals surface area contributed by atoms with E-state index in [-0.39, 0.29) is 12.1 Å². The van der Waals surface area contributed by atoms with E-state index in [1.807, 2.05) is 16.7 Å². The van der Waals surface area contributed by atoms with Crippen molar-refractivity contribution in [2.75, 3.05) is 5.32 Å². The summed E-state index contributed by atoms with van der Waals surface area (Å²) >= 11 is 1.63. The zero-order chi connectivity index (χ0) is 20.7. The van der Waals surface area contributed by atoms with Gasteiger partial charge < -0.3 is 20.1 Å². The quantitative estimate of drug-likeness (QED) is 0.451. The Bertz CT molecular complexity index is 1180. The van der Waals surface area contributed by atoms with Crippen LogP contribution in [-0.4, -0.2) is 41.9 Å². The van der Waals surface area contributed by atoms with E-state index in [1.165, 1.54) is 0 Å². The number of hydrogen-bond acceptors (Lipinski definition) is 7. The summed E-state index contributed by atoms with van der Waals surface area (Å²) in [5, 5.41) is 24.3. The zero-order valence-electron chi connectivity index (χ0n) is 16.8. The highest BCUT2D eigenvalue weighted by atomic mass is 32.1. The lowest BCUT2D eigenvalue weighted by molar-refractivity contribution is 0.116. The second-order valence-electron chi connectivity index (χ2n) is 8.08. The number of pyridine rings is 1. The molecule has 156 valence electrons. The molecule has 1 aliphatic rings. The smallest absolute Gasteiger partial charge is 0.184 e. The Morgan fingerprint density at radius 1 is 1.20 bits per heavy atom. The molecule has 0 unspecified atom stereocenters. The topological polar surface area (TPSA) is 96.1 Å². The molecule has 1 aliphatic carbocycles. The largest absolute Gasteiger partial charge is 0.391 e. The molecule has 5 rings (SSSR count). The molecule has 1 saturated carbocycles. The molecule has 4 aromatic rings. The molecule has 0 spiro atoms. The van der Waals surface area contributed by atoms with Gasteiger partial charge in [-0.1, -0.05) is 30.2 Å². The van der Waals surface area contributed by atoms with Gasteiger partial charge in [0.15, 0.2) is 10.8 Å². The number of aromatic nitrogens is 4. The minimum Gasteiger partial charge on any atom is -0.391 e. The van der Waals surface area contributed by atoms with Gasteiger partial charge >= 0.3 is 0 Å². The van der Waals surface area contributed by atoms with Crippen LogP contribution in [0.2, 0.25) is 0 Å². The fourth-order valence-electron chi connectivity index (χ4n) is 4.07. The Hall–Kier alpha value is -2.55. The highest BCUT2D eigenvalue weighted by molar-refractivity contribution is 7.22. The lowest BCUT2D eigenvalue weighted by atomic mass is 9.93. The Balaban J connectivity index is 1.37. The summed E-state index contributed by atoms with van der Waals surface area (Å²) in [5.74, 6) is 0. The third-order valence-electron chi connectivity index (χ3n) is 5.80. The third kappa shape index (κ3) is 3.78. The fraction of sp³-hybridized carbons (Fsp3) is 0.409. The van der Waals surface area contributed by atoms with Crippen LogP contribution in [0.1, 0.15) is 49.8 Å². The lowest BCUT2D eigenvalue weighted by Crippen LogP contribution is -2.36. The first-order chi connectivity index (χ1) is 14.6. The Morgan fingerprint density at radius 2 is 2.07 bits per heavy atom. The van der Waals surface area contributed by atoms with Gasteiger partial charge in [0.05, 0.1) is 41.3 Å². The number of imidazole rings is 1. The number of aliphatic hydroxyl groups is 2. The minimum atomic E-state index is -0.557. The molecule has 0 aliphatic heterocycles. The number of thiazole rings is 1. The van der Waals surface area contributed by atoms with Crippen LogP contribution in [0, 0.1) is 0 Å². The van der Waals surface area contributed by atoms with Crippen molar-refractivity contribution in [1.29, 1.82) is 0 Å². The van der Waals surface area contributed by atoms with Crippen LogP contribution in [-0.2, 0) is 6.54 Å². The Morgan fingerprint density at radius 3 is 2.90 bits per heavy atom. The van der Waals surface area contributed by atoms with Crippen LogP contribution >= 0.6 is 11.3 Å². The first-order valence-electron chi connectivity index (χ1n) is 10.4. The number of nitrogens with zero attached hydrogens (tertiary/aromatic N) is 4. The molecule has 3 heterocycles. The molecular formula is C22H25N5O2S. The minimum absolute atomic E-state index is 0.0914. The van der Waals surface area contributed by atoms with Crippen LogP contribution in [0.3, 0.4) is 0 Å². The maximum Gasteiger partial charge on any atom is 0.184 e. The van der Waals surface area contributed by atoms with Gasteiger partial charge in [0.2, 0.25) is 0 Å². The number of hydrogen-bond donors (Lipinski definition) is 3. The van der Waals surface area contributed by atoms with Crippen molar-refractivity contribution in [2.24, 2.45) is 0 Å². The van der Waals surface area contributed by atoms with Gasteiger partial charge in [-0.2, -0.15) is 0 Å². The average Bonchev–Trinajstić information content (AvgIpc) is 3.32. The van der Waals surface area contributed by atoms with Crippen LogP contribution in [0.5, 0.6) is 0 Å². The van der Waals surface area contributed by atoms with E-state index in [9.17, 15) is 10.2 Å². The van der Waals surface area contributed by atoms with Gasteiger partial charge in [-0.3, -0.25) is 0 Å². The highest BCUT2D eigenvalue weighted by Crippen LogP contribution is 2.30. The van der Waals surface area contributed by atoms with Crippen molar-refractivity contribution in [1.82, 2.24) is 19.5 Å². The Labute approximate surface area is 178 Å². The number of anilines is 1. The van der Waals surface area contributed by atoms with Crippen LogP contribution in [0.15, 0.2) is 36.8 Å². The summed E-state index contributed by atoms with van der Waals surface area (Å²) in [7, 11) is 0. The molecular weight excluding hydrogens is 398 g/mol. The van der Waals surface area contributed by atoms with E-state index < -0.39 is 6.10 Å². The summed E-state index contributed by atoms with van der Waals surface area (Å²) in [5.41, 5.74) is 4.46. The molecule has 1 aromatic carbocycles. The van der Waals surface area contributed by atoms with E-state index in [4.69, 9.17) is 4.98 Å². The predicted molar refractivity (Wildman–Crippen MR) is 119 cm³/mol. The number of aliphatic hydroxyl groups excluding tert-OH is 2. The van der Waals surface area contributed by atoms with Crippen molar-refractivity contribution in [3.63, 3.8) is 0 Å². The van der Waals surface area contributed by atoms with Crippen molar-refractivity contribution in [3.05, 3.63) is 47.9 Å². The summed E-state index contributed by atoms with van der Waals surface area (Å²) in [6, 6.07) is 8.26.